The Morgan fingerprint density at radius 2 is 2.00 bits per heavy atom. The molecule has 0 spiro atoms. The van der Waals surface area contributed by atoms with E-state index in [-0.39, 0.29) is 11.6 Å². The van der Waals surface area contributed by atoms with E-state index in [4.69, 9.17) is 0 Å². The number of hydrogen-bond donors (Lipinski definition) is 1. The molecule has 1 heterocycles. The normalized spacial score (nSPS) is 20.7. The van der Waals surface area contributed by atoms with Gasteiger partial charge in [-0.3, -0.25) is 0 Å². The Hall–Kier alpha value is -1.36. The van der Waals surface area contributed by atoms with E-state index in [1.807, 2.05) is 6.92 Å². The molecular formula is C13H13F4N. The Morgan fingerprint density at radius 1 is 1.28 bits per heavy atom. The molecule has 1 aliphatic rings. The third-order valence-corrected chi connectivity index (χ3v) is 2.99. The Bertz CT molecular complexity index is 476. The number of nitrogens with one attached hydrogen (secondary N) is 1. The molecule has 1 unspecified atom stereocenters. The molecule has 1 atom stereocenters. The molecule has 0 radical (unpaired) electrons. The van der Waals surface area contributed by atoms with Gasteiger partial charge in [0.25, 0.3) is 0 Å². The molecule has 2 rings (SSSR count). The number of halogens is 4. The summed E-state index contributed by atoms with van der Waals surface area (Å²) in [6.07, 6.45) is -2.39. The third kappa shape index (κ3) is 2.56. The van der Waals surface area contributed by atoms with Gasteiger partial charge >= 0.3 is 6.18 Å². The fraction of sp³-hybridized carbons (Fsp3) is 0.385. The van der Waals surface area contributed by atoms with Gasteiger partial charge in [0.05, 0.1) is 5.56 Å². The van der Waals surface area contributed by atoms with Crippen LogP contribution in [0.25, 0.3) is 5.57 Å². The van der Waals surface area contributed by atoms with Crippen molar-refractivity contribution in [3.8, 4) is 0 Å². The second-order valence-corrected chi connectivity index (χ2v) is 4.41. The second-order valence-electron chi connectivity index (χ2n) is 4.41. The van der Waals surface area contributed by atoms with E-state index in [2.05, 4.69) is 5.32 Å². The Balaban J connectivity index is 2.44. The number of hydrogen-bond acceptors (Lipinski definition) is 1. The van der Waals surface area contributed by atoms with Crippen LogP contribution in [0.4, 0.5) is 17.6 Å². The van der Waals surface area contributed by atoms with Gasteiger partial charge in [-0.05, 0) is 25.0 Å². The highest BCUT2D eigenvalue weighted by atomic mass is 19.4. The predicted molar refractivity (Wildman–Crippen MR) is 61.5 cm³/mol. The maximum Gasteiger partial charge on any atom is 0.419 e. The topological polar surface area (TPSA) is 12.0 Å². The molecule has 1 aliphatic heterocycles. The zero-order chi connectivity index (χ0) is 13.3. The summed E-state index contributed by atoms with van der Waals surface area (Å²) in [7, 11) is 0. The van der Waals surface area contributed by atoms with Gasteiger partial charge in [0, 0.05) is 18.2 Å². The second kappa shape index (κ2) is 4.72. The lowest BCUT2D eigenvalue weighted by atomic mass is 9.94. The first-order valence-corrected chi connectivity index (χ1v) is 5.68. The maximum absolute atomic E-state index is 13.9. The summed E-state index contributed by atoms with van der Waals surface area (Å²) in [6.45, 7) is 2.46. The fourth-order valence-electron chi connectivity index (χ4n) is 2.09. The first-order valence-electron chi connectivity index (χ1n) is 5.68. The highest BCUT2D eigenvalue weighted by Gasteiger charge is 2.35. The van der Waals surface area contributed by atoms with Crippen LogP contribution in [-0.2, 0) is 6.18 Å². The van der Waals surface area contributed by atoms with Gasteiger partial charge < -0.3 is 5.32 Å². The van der Waals surface area contributed by atoms with E-state index in [1.54, 1.807) is 6.08 Å². The summed E-state index contributed by atoms with van der Waals surface area (Å²) in [4.78, 5) is 0. The molecule has 1 N–H and O–H groups in total. The molecule has 0 saturated carbocycles. The van der Waals surface area contributed by atoms with Crippen molar-refractivity contribution in [3.63, 3.8) is 0 Å². The van der Waals surface area contributed by atoms with Gasteiger partial charge in [0.1, 0.15) is 5.82 Å². The summed E-state index contributed by atoms with van der Waals surface area (Å²) < 4.78 is 51.7. The average molecular weight is 259 g/mol. The van der Waals surface area contributed by atoms with Crippen molar-refractivity contribution in [2.75, 3.05) is 6.54 Å². The smallest absolute Gasteiger partial charge is 0.310 e. The van der Waals surface area contributed by atoms with Gasteiger partial charge in [-0.2, -0.15) is 13.2 Å². The van der Waals surface area contributed by atoms with Gasteiger partial charge in [0.15, 0.2) is 0 Å². The van der Waals surface area contributed by atoms with Crippen LogP contribution in [0.5, 0.6) is 0 Å². The molecule has 1 nitrogen and oxygen atoms in total. The van der Waals surface area contributed by atoms with E-state index >= 15 is 0 Å². The highest BCUT2D eigenvalue weighted by Crippen LogP contribution is 2.35. The van der Waals surface area contributed by atoms with Crippen LogP contribution >= 0.6 is 0 Å². The number of rotatable bonds is 1. The first-order chi connectivity index (χ1) is 8.39. The quantitative estimate of drug-likeness (QED) is 0.760. The largest absolute Gasteiger partial charge is 0.419 e. The number of benzene rings is 1. The van der Waals surface area contributed by atoms with Crippen molar-refractivity contribution in [2.24, 2.45) is 0 Å². The van der Waals surface area contributed by atoms with Crippen molar-refractivity contribution in [3.05, 3.63) is 41.2 Å². The first kappa shape index (κ1) is 13.1. The van der Waals surface area contributed by atoms with Crippen molar-refractivity contribution < 1.29 is 17.6 Å². The molecule has 98 valence electrons. The van der Waals surface area contributed by atoms with Crippen LogP contribution in [0.2, 0.25) is 0 Å². The summed E-state index contributed by atoms with van der Waals surface area (Å²) in [6, 6.07) is 3.55. The van der Waals surface area contributed by atoms with Crippen molar-refractivity contribution in [1.29, 1.82) is 0 Å². The molecule has 0 amide bonds. The minimum Gasteiger partial charge on any atom is -0.310 e. The van der Waals surface area contributed by atoms with Crippen LogP contribution in [0.1, 0.15) is 24.5 Å². The number of alkyl halides is 3. The SMILES string of the molecule is CC1CC(c2cccc(C(F)(F)F)c2F)=CCN1. The molecule has 5 heteroatoms. The van der Waals surface area contributed by atoms with Crippen LogP contribution in [0.3, 0.4) is 0 Å². The summed E-state index contributed by atoms with van der Waals surface area (Å²) in [5.41, 5.74) is -0.518. The lowest BCUT2D eigenvalue weighted by Crippen LogP contribution is -2.30. The molecular weight excluding hydrogens is 246 g/mol. The van der Waals surface area contributed by atoms with Crippen LogP contribution < -0.4 is 5.32 Å². The Kier molecular flexibility index (Phi) is 3.43. The van der Waals surface area contributed by atoms with Crippen LogP contribution in [0.15, 0.2) is 24.3 Å². The summed E-state index contributed by atoms with van der Waals surface area (Å²) >= 11 is 0. The molecule has 0 aromatic heterocycles. The zero-order valence-electron chi connectivity index (χ0n) is 9.81. The van der Waals surface area contributed by atoms with Gasteiger partial charge in [-0.15, -0.1) is 0 Å². The fourth-order valence-corrected chi connectivity index (χ4v) is 2.09. The molecule has 18 heavy (non-hydrogen) atoms. The minimum absolute atomic E-state index is 0.0539. The van der Waals surface area contributed by atoms with E-state index in [1.165, 1.54) is 12.1 Å². The van der Waals surface area contributed by atoms with Crippen molar-refractivity contribution in [2.45, 2.75) is 25.6 Å². The van der Waals surface area contributed by atoms with E-state index in [9.17, 15) is 17.6 Å². The molecule has 0 fully saturated rings. The lowest BCUT2D eigenvalue weighted by molar-refractivity contribution is -0.140. The Morgan fingerprint density at radius 3 is 2.61 bits per heavy atom. The van der Waals surface area contributed by atoms with Crippen LogP contribution in [0, 0.1) is 5.82 Å². The van der Waals surface area contributed by atoms with Gasteiger partial charge in [0.2, 0.25) is 0 Å². The Labute approximate surface area is 103 Å². The summed E-state index contributed by atoms with van der Waals surface area (Å²) in [5, 5.41) is 3.12. The molecule has 0 aliphatic carbocycles. The lowest BCUT2D eigenvalue weighted by Gasteiger charge is -2.22. The molecule has 0 saturated heterocycles. The van der Waals surface area contributed by atoms with Crippen molar-refractivity contribution in [1.82, 2.24) is 5.32 Å². The highest BCUT2D eigenvalue weighted by molar-refractivity contribution is 5.68. The van der Waals surface area contributed by atoms with Crippen molar-refractivity contribution >= 4 is 5.57 Å². The summed E-state index contributed by atoms with van der Waals surface area (Å²) in [5.74, 6) is -1.18. The third-order valence-electron chi connectivity index (χ3n) is 2.99. The standard InChI is InChI=1S/C13H13F4N/c1-8-7-9(5-6-18-8)10-3-2-4-11(12(10)14)13(15,16)17/h2-5,8,18H,6-7H2,1H3. The van der Waals surface area contributed by atoms with E-state index in [0.717, 1.165) is 6.07 Å². The minimum atomic E-state index is -4.65. The predicted octanol–water partition coefficient (Wildman–Crippen LogP) is 3.61. The van der Waals surface area contributed by atoms with E-state index in [0.29, 0.717) is 18.5 Å². The van der Waals surface area contributed by atoms with Crippen LogP contribution in [-0.4, -0.2) is 12.6 Å². The van der Waals surface area contributed by atoms with Gasteiger partial charge in [-0.25, -0.2) is 4.39 Å². The zero-order valence-corrected chi connectivity index (χ0v) is 9.81. The van der Waals surface area contributed by atoms with Gasteiger partial charge in [-0.1, -0.05) is 18.2 Å². The molecule has 1 aromatic rings. The molecule has 0 bridgehead atoms. The molecule has 1 aromatic carbocycles. The monoisotopic (exact) mass is 259 g/mol. The average Bonchev–Trinajstić information content (AvgIpc) is 2.27. The maximum atomic E-state index is 13.9. The van der Waals surface area contributed by atoms with E-state index < -0.39 is 17.6 Å².